The monoisotopic (exact) mass is 178 g/mol. The van der Waals surface area contributed by atoms with Crippen LogP contribution in [-0.2, 0) is 11.3 Å². The predicted octanol–water partition coefficient (Wildman–Crippen LogP) is 1.73. The molecule has 1 aliphatic carbocycles. The first-order chi connectivity index (χ1) is 6.36. The van der Waals surface area contributed by atoms with Crippen LogP contribution in [-0.4, -0.2) is 17.3 Å². The first kappa shape index (κ1) is 8.73. The maximum atomic E-state index is 9.26. The van der Waals surface area contributed by atoms with Gasteiger partial charge in [0.1, 0.15) is 0 Å². The lowest BCUT2D eigenvalue weighted by Crippen LogP contribution is -2.38. The van der Waals surface area contributed by atoms with Crippen LogP contribution in [0.2, 0.25) is 0 Å². The molecular weight excluding hydrogens is 164 g/mol. The quantitative estimate of drug-likeness (QED) is 0.763. The summed E-state index contributed by atoms with van der Waals surface area (Å²) >= 11 is 0. The zero-order chi connectivity index (χ0) is 9.10. The third-order valence-corrected chi connectivity index (χ3v) is 2.48. The van der Waals surface area contributed by atoms with Crippen molar-refractivity contribution in [3.8, 4) is 0 Å². The van der Waals surface area contributed by atoms with Crippen molar-refractivity contribution >= 4 is 0 Å². The Morgan fingerprint density at radius 3 is 2.54 bits per heavy atom. The van der Waals surface area contributed by atoms with Gasteiger partial charge in [-0.05, 0) is 18.4 Å². The van der Waals surface area contributed by atoms with Gasteiger partial charge in [-0.1, -0.05) is 30.3 Å². The summed E-state index contributed by atoms with van der Waals surface area (Å²) < 4.78 is 5.53. The van der Waals surface area contributed by atoms with Gasteiger partial charge < -0.3 is 9.84 Å². The van der Waals surface area contributed by atoms with Gasteiger partial charge in [-0.3, -0.25) is 0 Å². The third-order valence-electron chi connectivity index (χ3n) is 2.48. The molecule has 1 fully saturated rings. The van der Waals surface area contributed by atoms with E-state index in [0.29, 0.717) is 6.61 Å². The molecule has 0 heterocycles. The second kappa shape index (κ2) is 3.90. The first-order valence-electron chi connectivity index (χ1n) is 4.70. The van der Waals surface area contributed by atoms with Crippen molar-refractivity contribution in [2.45, 2.75) is 31.7 Å². The van der Waals surface area contributed by atoms with E-state index >= 15 is 0 Å². The molecule has 2 atom stereocenters. The Hall–Kier alpha value is -0.860. The average molecular weight is 178 g/mol. The molecule has 1 saturated carbocycles. The topological polar surface area (TPSA) is 29.5 Å². The highest BCUT2D eigenvalue weighted by Gasteiger charge is 2.29. The molecule has 1 aliphatic rings. The largest absolute Gasteiger partial charge is 0.390 e. The van der Waals surface area contributed by atoms with Gasteiger partial charge in [0, 0.05) is 0 Å². The first-order valence-corrected chi connectivity index (χ1v) is 4.70. The highest BCUT2D eigenvalue weighted by atomic mass is 16.5. The summed E-state index contributed by atoms with van der Waals surface area (Å²) in [5.41, 5.74) is 1.17. The summed E-state index contributed by atoms with van der Waals surface area (Å²) in [4.78, 5) is 0. The van der Waals surface area contributed by atoms with Gasteiger partial charge >= 0.3 is 0 Å². The Bertz CT molecular complexity index is 258. The van der Waals surface area contributed by atoms with E-state index in [1.807, 2.05) is 30.3 Å². The van der Waals surface area contributed by atoms with Crippen LogP contribution in [0.4, 0.5) is 0 Å². The third kappa shape index (κ3) is 2.08. The van der Waals surface area contributed by atoms with Gasteiger partial charge in [-0.2, -0.15) is 0 Å². The summed E-state index contributed by atoms with van der Waals surface area (Å²) in [5.74, 6) is 0. The van der Waals surface area contributed by atoms with E-state index in [1.54, 1.807) is 0 Å². The SMILES string of the molecule is O[C@@H]1CC[C@@H]1OCc1ccccc1. The molecule has 13 heavy (non-hydrogen) atoms. The number of aliphatic hydroxyl groups is 1. The average Bonchev–Trinajstić information content (AvgIpc) is 2.17. The number of benzene rings is 1. The molecule has 70 valence electrons. The Morgan fingerprint density at radius 2 is 2.00 bits per heavy atom. The molecule has 0 radical (unpaired) electrons. The standard InChI is InChI=1S/C11H14O2/c12-10-6-7-11(10)13-8-9-4-2-1-3-5-9/h1-5,10-12H,6-8H2/t10-,11+/m1/s1. The van der Waals surface area contributed by atoms with Crippen molar-refractivity contribution in [1.82, 2.24) is 0 Å². The van der Waals surface area contributed by atoms with E-state index in [9.17, 15) is 5.11 Å². The van der Waals surface area contributed by atoms with Crippen LogP contribution < -0.4 is 0 Å². The Kier molecular flexibility index (Phi) is 2.62. The number of hydrogen-bond donors (Lipinski definition) is 1. The molecule has 0 amide bonds. The summed E-state index contributed by atoms with van der Waals surface area (Å²) in [7, 11) is 0. The molecule has 1 aromatic carbocycles. The summed E-state index contributed by atoms with van der Waals surface area (Å²) in [5, 5.41) is 9.26. The Morgan fingerprint density at radius 1 is 1.23 bits per heavy atom. The fourth-order valence-corrected chi connectivity index (χ4v) is 1.42. The van der Waals surface area contributed by atoms with Crippen LogP contribution in [0.1, 0.15) is 18.4 Å². The smallest absolute Gasteiger partial charge is 0.0839 e. The maximum absolute atomic E-state index is 9.26. The van der Waals surface area contributed by atoms with Gasteiger partial charge in [0.15, 0.2) is 0 Å². The van der Waals surface area contributed by atoms with E-state index in [2.05, 4.69) is 0 Å². The predicted molar refractivity (Wildman–Crippen MR) is 50.3 cm³/mol. The van der Waals surface area contributed by atoms with Crippen LogP contribution in [0, 0.1) is 0 Å². The van der Waals surface area contributed by atoms with Crippen molar-refractivity contribution < 1.29 is 9.84 Å². The summed E-state index contributed by atoms with van der Waals surface area (Å²) in [6.07, 6.45) is 1.72. The van der Waals surface area contributed by atoms with Crippen molar-refractivity contribution in [1.29, 1.82) is 0 Å². The molecule has 2 rings (SSSR count). The number of hydrogen-bond acceptors (Lipinski definition) is 2. The molecule has 1 N–H and O–H groups in total. The molecule has 1 aromatic rings. The molecule has 2 heteroatoms. The minimum absolute atomic E-state index is 0.0696. The van der Waals surface area contributed by atoms with Crippen molar-refractivity contribution in [2.75, 3.05) is 0 Å². The molecule has 0 bridgehead atoms. The van der Waals surface area contributed by atoms with E-state index < -0.39 is 0 Å². The van der Waals surface area contributed by atoms with E-state index in [-0.39, 0.29) is 12.2 Å². The fourth-order valence-electron chi connectivity index (χ4n) is 1.42. The van der Waals surface area contributed by atoms with Gasteiger partial charge in [-0.15, -0.1) is 0 Å². The molecule has 0 spiro atoms. The van der Waals surface area contributed by atoms with E-state index in [1.165, 1.54) is 5.56 Å². The number of rotatable bonds is 3. The molecule has 0 aromatic heterocycles. The van der Waals surface area contributed by atoms with Crippen LogP contribution in [0.15, 0.2) is 30.3 Å². The highest BCUT2D eigenvalue weighted by molar-refractivity contribution is 5.13. The van der Waals surface area contributed by atoms with Gasteiger partial charge in [0.25, 0.3) is 0 Å². The second-order valence-electron chi connectivity index (χ2n) is 3.48. The van der Waals surface area contributed by atoms with Crippen molar-refractivity contribution in [3.05, 3.63) is 35.9 Å². The lowest BCUT2D eigenvalue weighted by Gasteiger charge is -2.32. The van der Waals surface area contributed by atoms with E-state index in [0.717, 1.165) is 12.8 Å². The van der Waals surface area contributed by atoms with Crippen LogP contribution >= 0.6 is 0 Å². The zero-order valence-corrected chi connectivity index (χ0v) is 7.52. The van der Waals surface area contributed by atoms with Crippen LogP contribution in [0.25, 0.3) is 0 Å². The van der Waals surface area contributed by atoms with Gasteiger partial charge in [-0.25, -0.2) is 0 Å². The Balaban J connectivity index is 1.80. The fraction of sp³-hybridized carbons (Fsp3) is 0.455. The van der Waals surface area contributed by atoms with Crippen molar-refractivity contribution in [3.63, 3.8) is 0 Å². The number of aliphatic hydroxyl groups excluding tert-OH is 1. The zero-order valence-electron chi connectivity index (χ0n) is 7.52. The second-order valence-corrected chi connectivity index (χ2v) is 3.48. The lowest BCUT2D eigenvalue weighted by molar-refractivity contribution is -0.103. The summed E-state index contributed by atoms with van der Waals surface area (Å²) in [6.45, 7) is 0.614. The molecule has 0 saturated heterocycles. The van der Waals surface area contributed by atoms with E-state index in [4.69, 9.17) is 4.74 Å². The normalized spacial score (nSPS) is 26.8. The maximum Gasteiger partial charge on any atom is 0.0839 e. The van der Waals surface area contributed by atoms with Crippen LogP contribution in [0.3, 0.4) is 0 Å². The van der Waals surface area contributed by atoms with Crippen molar-refractivity contribution in [2.24, 2.45) is 0 Å². The molecule has 0 aliphatic heterocycles. The minimum Gasteiger partial charge on any atom is -0.390 e. The Labute approximate surface area is 78.2 Å². The molecule has 0 unspecified atom stereocenters. The van der Waals surface area contributed by atoms with Crippen LogP contribution in [0.5, 0.6) is 0 Å². The molecule has 2 nitrogen and oxygen atoms in total. The number of ether oxygens (including phenoxy) is 1. The minimum atomic E-state index is -0.233. The lowest BCUT2D eigenvalue weighted by atomic mass is 9.92. The van der Waals surface area contributed by atoms with Gasteiger partial charge in [0.2, 0.25) is 0 Å². The highest BCUT2D eigenvalue weighted by Crippen LogP contribution is 2.23. The molecular formula is C11H14O2. The van der Waals surface area contributed by atoms with Gasteiger partial charge in [0.05, 0.1) is 18.8 Å². The summed E-state index contributed by atoms with van der Waals surface area (Å²) in [6, 6.07) is 10.0.